The number of halogens is 1. The summed E-state index contributed by atoms with van der Waals surface area (Å²) in [5.41, 5.74) is 1.51. The molecule has 2 heterocycles. The van der Waals surface area contributed by atoms with Gasteiger partial charge in [0.05, 0.1) is 27.8 Å². The zero-order valence-corrected chi connectivity index (χ0v) is 20.2. The molecule has 0 aliphatic carbocycles. The Bertz CT molecular complexity index is 1420. The molecule has 35 heavy (non-hydrogen) atoms. The van der Waals surface area contributed by atoms with Crippen molar-refractivity contribution in [2.45, 2.75) is 23.8 Å². The standard InChI is InChI=1S/C25H22FN3O4S2/c26-18-9-13-21(14-10-18)35(31,32)28-19-11-7-17(8-12-19)24(30)29(16-20-4-3-15-33-20)25-27-22-5-1-2-6-23(22)34-25/h1-2,5-14,20,28H,3-4,15-16H2. The highest BCUT2D eigenvalue weighted by molar-refractivity contribution is 7.92. The number of hydrogen-bond donors (Lipinski definition) is 1. The van der Waals surface area contributed by atoms with Gasteiger partial charge in [0.25, 0.3) is 15.9 Å². The third kappa shape index (κ3) is 5.19. The Hall–Kier alpha value is -3.34. The van der Waals surface area contributed by atoms with Crippen molar-refractivity contribution in [2.75, 3.05) is 22.8 Å². The van der Waals surface area contributed by atoms with Crippen LogP contribution in [0.1, 0.15) is 23.2 Å². The molecule has 4 aromatic rings. The summed E-state index contributed by atoms with van der Waals surface area (Å²) < 4.78 is 47.5. The van der Waals surface area contributed by atoms with Gasteiger partial charge in [0.2, 0.25) is 0 Å². The van der Waals surface area contributed by atoms with Crippen LogP contribution in [0.5, 0.6) is 0 Å². The molecule has 0 radical (unpaired) electrons. The maximum atomic E-state index is 13.5. The number of carbonyl (C=O) groups excluding carboxylic acids is 1. The summed E-state index contributed by atoms with van der Waals surface area (Å²) in [6.45, 7) is 1.06. The number of rotatable bonds is 7. The van der Waals surface area contributed by atoms with Gasteiger partial charge in [0, 0.05) is 17.9 Å². The molecule has 1 saturated heterocycles. The summed E-state index contributed by atoms with van der Waals surface area (Å²) in [7, 11) is -3.89. The number of anilines is 2. The van der Waals surface area contributed by atoms with Crippen LogP contribution in [0.2, 0.25) is 0 Å². The molecular weight excluding hydrogens is 489 g/mol. The second kappa shape index (κ2) is 9.73. The molecule has 1 aromatic heterocycles. The molecule has 1 N–H and O–H groups in total. The van der Waals surface area contributed by atoms with Crippen molar-refractivity contribution in [3.05, 3.63) is 84.2 Å². The molecule has 0 spiro atoms. The monoisotopic (exact) mass is 511 g/mol. The number of sulfonamides is 1. The zero-order valence-electron chi connectivity index (χ0n) is 18.6. The van der Waals surface area contributed by atoms with E-state index in [2.05, 4.69) is 9.71 Å². The third-order valence-corrected chi connectivity index (χ3v) is 8.13. The Morgan fingerprint density at radius 2 is 1.83 bits per heavy atom. The first kappa shape index (κ1) is 23.4. The van der Waals surface area contributed by atoms with E-state index in [1.165, 1.54) is 35.6 Å². The molecule has 1 unspecified atom stereocenters. The van der Waals surface area contributed by atoms with Gasteiger partial charge in [-0.05, 0) is 73.5 Å². The highest BCUT2D eigenvalue weighted by Gasteiger charge is 2.27. The molecule has 5 rings (SSSR count). The van der Waals surface area contributed by atoms with Crippen LogP contribution in [0, 0.1) is 5.82 Å². The molecule has 10 heteroatoms. The number of nitrogens with zero attached hydrogens (tertiary/aromatic N) is 2. The Balaban J connectivity index is 1.38. The van der Waals surface area contributed by atoms with Gasteiger partial charge in [-0.15, -0.1) is 0 Å². The molecule has 7 nitrogen and oxygen atoms in total. The fourth-order valence-corrected chi connectivity index (χ4v) is 5.91. The van der Waals surface area contributed by atoms with Gasteiger partial charge in [-0.25, -0.2) is 17.8 Å². The third-order valence-electron chi connectivity index (χ3n) is 5.68. The van der Waals surface area contributed by atoms with Crippen LogP contribution in [0.4, 0.5) is 15.2 Å². The number of carbonyl (C=O) groups is 1. The SMILES string of the molecule is O=C(c1ccc(NS(=O)(=O)c2ccc(F)cc2)cc1)N(CC1CCCO1)c1nc2ccccc2s1. The van der Waals surface area contributed by atoms with Crippen LogP contribution in [0.15, 0.2) is 77.7 Å². The predicted octanol–water partition coefficient (Wildman–Crippen LogP) is 5.06. The summed E-state index contributed by atoms with van der Waals surface area (Å²) in [6, 6.07) is 18.5. The van der Waals surface area contributed by atoms with Crippen LogP contribution in [-0.2, 0) is 14.8 Å². The number of thiazole rings is 1. The molecule has 1 fully saturated rings. The molecular formula is C25H22FN3O4S2. The Morgan fingerprint density at radius 3 is 2.51 bits per heavy atom. The van der Waals surface area contributed by atoms with Gasteiger partial charge in [-0.1, -0.05) is 23.5 Å². The largest absolute Gasteiger partial charge is 0.376 e. The fraction of sp³-hybridized carbons (Fsp3) is 0.200. The topological polar surface area (TPSA) is 88.6 Å². The van der Waals surface area contributed by atoms with E-state index in [-0.39, 0.29) is 22.6 Å². The van der Waals surface area contributed by atoms with Crippen molar-refractivity contribution in [3.63, 3.8) is 0 Å². The maximum Gasteiger partial charge on any atom is 0.261 e. The van der Waals surface area contributed by atoms with Gasteiger partial charge in [0.1, 0.15) is 5.82 Å². The Kier molecular flexibility index (Phi) is 6.50. The lowest BCUT2D eigenvalue weighted by Gasteiger charge is -2.23. The van der Waals surface area contributed by atoms with Crippen molar-refractivity contribution in [1.29, 1.82) is 0 Å². The Morgan fingerprint density at radius 1 is 1.09 bits per heavy atom. The van der Waals surface area contributed by atoms with Gasteiger partial charge in [0.15, 0.2) is 5.13 Å². The Labute approximate surface area is 206 Å². The van der Waals surface area contributed by atoms with Crippen LogP contribution >= 0.6 is 11.3 Å². The van der Waals surface area contributed by atoms with Crippen molar-refractivity contribution >= 4 is 48.3 Å². The van der Waals surface area contributed by atoms with E-state index in [0.717, 1.165) is 35.2 Å². The fourth-order valence-electron chi connectivity index (χ4n) is 3.88. The number of fused-ring (bicyclic) bond motifs is 1. The highest BCUT2D eigenvalue weighted by atomic mass is 32.2. The van der Waals surface area contributed by atoms with Crippen LogP contribution in [-0.4, -0.2) is 38.6 Å². The number of para-hydroxylation sites is 1. The maximum absolute atomic E-state index is 13.5. The average molecular weight is 512 g/mol. The summed E-state index contributed by atoms with van der Waals surface area (Å²) in [5.74, 6) is -0.764. The summed E-state index contributed by atoms with van der Waals surface area (Å²) in [6.07, 6.45) is 1.77. The smallest absolute Gasteiger partial charge is 0.261 e. The van der Waals surface area contributed by atoms with Crippen LogP contribution < -0.4 is 9.62 Å². The van der Waals surface area contributed by atoms with Crippen molar-refractivity contribution in [1.82, 2.24) is 4.98 Å². The molecule has 180 valence electrons. The minimum absolute atomic E-state index is 0.0578. The van der Waals surface area contributed by atoms with E-state index < -0.39 is 15.8 Å². The van der Waals surface area contributed by atoms with E-state index in [4.69, 9.17) is 4.74 Å². The van der Waals surface area contributed by atoms with Gasteiger partial charge in [-0.3, -0.25) is 14.4 Å². The minimum Gasteiger partial charge on any atom is -0.376 e. The van der Waals surface area contributed by atoms with Gasteiger partial charge < -0.3 is 4.74 Å². The molecule has 1 amide bonds. The number of nitrogens with one attached hydrogen (secondary N) is 1. The average Bonchev–Trinajstić information content (AvgIpc) is 3.52. The van der Waals surface area contributed by atoms with Crippen LogP contribution in [0.3, 0.4) is 0 Å². The first-order valence-electron chi connectivity index (χ1n) is 11.1. The quantitative estimate of drug-likeness (QED) is 0.375. The van der Waals surface area contributed by atoms with E-state index in [1.54, 1.807) is 17.0 Å². The number of benzene rings is 3. The summed E-state index contributed by atoms with van der Waals surface area (Å²) in [5, 5.41) is 0.591. The number of amides is 1. The normalized spacial score (nSPS) is 15.9. The van der Waals surface area contributed by atoms with Crippen LogP contribution in [0.25, 0.3) is 10.2 Å². The summed E-state index contributed by atoms with van der Waals surface area (Å²) in [4.78, 5) is 19.8. The predicted molar refractivity (Wildman–Crippen MR) is 134 cm³/mol. The second-order valence-electron chi connectivity index (χ2n) is 8.15. The lowest BCUT2D eigenvalue weighted by molar-refractivity contribution is 0.0917. The first-order chi connectivity index (χ1) is 16.9. The number of hydrogen-bond acceptors (Lipinski definition) is 6. The lowest BCUT2D eigenvalue weighted by atomic mass is 10.1. The number of aromatic nitrogens is 1. The molecule has 0 bridgehead atoms. The molecule has 3 aromatic carbocycles. The van der Waals surface area contributed by atoms with Crippen molar-refractivity contribution < 1.29 is 22.3 Å². The molecule has 1 aliphatic rings. The highest BCUT2D eigenvalue weighted by Crippen LogP contribution is 2.31. The van der Waals surface area contributed by atoms with E-state index in [1.807, 2.05) is 24.3 Å². The minimum atomic E-state index is -3.89. The van der Waals surface area contributed by atoms with Gasteiger partial charge in [-0.2, -0.15) is 0 Å². The first-order valence-corrected chi connectivity index (χ1v) is 13.4. The molecule has 1 atom stereocenters. The molecule has 0 saturated carbocycles. The lowest BCUT2D eigenvalue weighted by Crippen LogP contribution is -2.37. The van der Waals surface area contributed by atoms with E-state index in [0.29, 0.717) is 23.8 Å². The molecule has 1 aliphatic heterocycles. The zero-order chi connectivity index (χ0) is 24.4. The van der Waals surface area contributed by atoms with E-state index in [9.17, 15) is 17.6 Å². The number of ether oxygens (including phenoxy) is 1. The second-order valence-corrected chi connectivity index (χ2v) is 10.8. The van der Waals surface area contributed by atoms with Gasteiger partial charge >= 0.3 is 0 Å². The van der Waals surface area contributed by atoms with Crippen molar-refractivity contribution in [3.8, 4) is 0 Å². The summed E-state index contributed by atoms with van der Waals surface area (Å²) >= 11 is 1.44. The van der Waals surface area contributed by atoms with Crippen molar-refractivity contribution in [2.24, 2.45) is 0 Å². The van der Waals surface area contributed by atoms with E-state index >= 15 is 0 Å².